The van der Waals surface area contributed by atoms with Crippen molar-refractivity contribution in [2.45, 2.75) is 95.2 Å². The fraction of sp³-hybridized carbons (Fsp3) is 1.00. The van der Waals surface area contributed by atoms with Gasteiger partial charge in [0.05, 0.1) is 37.1 Å². The van der Waals surface area contributed by atoms with Gasteiger partial charge in [-0.2, -0.15) is 0 Å². The van der Waals surface area contributed by atoms with Gasteiger partial charge in [-0.05, 0) is 50.4 Å². The van der Waals surface area contributed by atoms with Crippen molar-refractivity contribution in [3.05, 3.63) is 0 Å². The van der Waals surface area contributed by atoms with Crippen molar-refractivity contribution in [3.63, 3.8) is 0 Å². The molecule has 3 rings (SSSR count). The van der Waals surface area contributed by atoms with Crippen molar-refractivity contribution in [1.82, 2.24) is 0 Å². The number of rotatable bonds is 10. The molecular weight excluding hydrogens is 441 g/mol. The van der Waals surface area contributed by atoms with Crippen molar-refractivity contribution in [3.8, 4) is 0 Å². The summed E-state index contributed by atoms with van der Waals surface area (Å²) in [6, 6.07) is -0.868. The third kappa shape index (κ3) is 5.98. The third-order valence-electron chi connectivity index (χ3n) is 7.07. The normalized spacial score (nSPS) is 49.0. The highest BCUT2D eigenvalue weighted by Crippen LogP contribution is 2.54. The Morgan fingerprint density at radius 1 is 0.938 bits per heavy atom. The maximum atomic E-state index is 10.4. The minimum Gasteiger partial charge on any atom is -0.388 e. The monoisotopic (exact) mass is 481 g/mol. The first-order valence-corrected chi connectivity index (χ1v) is 12.3. The van der Waals surface area contributed by atoms with Crippen molar-refractivity contribution in [2.24, 2.45) is 16.6 Å². The standard InChI is InChI=1S/C21H40NO9P/c1-18(9-21(4,10-18)31-32(25)26)11-28-6-13-15(23)16(24)14(22)17(30-13)29-12-19(2)7-20(3,8-19)27-5/h13-17,23-26H,6-12,22H2,1-5H3. The Morgan fingerprint density at radius 2 is 1.50 bits per heavy atom. The Morgan fingerprint density at radius 3 is 2.06 bits per heavy atom. The molecule has 2 aliphatic carbocycles. The second kappa shape index (κ2) is 9.59. The van der Waals surface area contributed by atoms with E-state index in [0.29, 0.717) is 26.1 Å². The van der Waals surface area contributed by atoms with Gasteiger partial charge in [-0.15, -0.1) is 0 Å². The number of aliphatic hydroxyl groups is 2. The largest absolute Gasteiger partial charge is 0.388 e. The molecule has 5 atom stereocenters. The molecule has 10 nitrogen and oxygen atoms in total. The Balaban J connectivity index is 1.46. The highest BCUT2D eigenvalue weighted by Gasteiger charge is 2.52. The minimum atomic E-state index is -2.40. The van der Waals surface area contributed by atoms with Gasteiger partial charge < -0.3 is 49.2 Å². The van der Waals surface area contributed by atoms with Gasteiger partial charge in [0.2, 0.25) is 0 Å². The Bertz CT molecular complexity index is 639. The number of hydrogen-bond acceptors (Lipinski definition) is 10. The van der Waals surface area contributed by atoms with Crippen molar-refractivity contribution in [2.75, 3.05) is 26.9 Å². The lowest BCUT2D eigenvalue weighted by atomic mass is 9.61. The average molecular weight is 482 g/mol. The molecule has 1 heterocycles. The molecule has 0 aromatic rings. The minimum absolute atomic E-state index is 0.0577. The number of methoxy groups -OCH3 is 1. The molecule has 3 aliphatic rings. The molecule has 5 unspecified atom stereocenters. The summed E-state index contributed by atoms with van der Waals surface area (Å²) in [5, 5.41) is 20.8. The van der Waals surface area contributed by atoms with Crippen molar-refractivity contribution in [1.29, 1.82) is 0 Å². The first-order valence-electron chi connectivity index (χ1n) is 11.1. The van der Waals surface area contributed by atoms with Crippen LogP contribution in [0.4, 0.5) is 0 Å². The van der Waals surface area contributed by atoms with Gasteiger partial charge >= 0.3 is 8.60 Å². The van der Waals surface area contributed by atoms with Crippen LogP contribution in [0.2, 0.25) is 0 Å². The van der Waals surface area contributed by atoms with E-state index >= 15 is 0 Å². The maximum Gasteiger partial charge on any atom is 0.327 e. The fourth-order valence-electron chi connectivity index (χ4n) is 6.06. The fourth-order valence-corrected chi connectivity index (χ4v) is 6.59. The molecule has 0 amide bonds. The molecule has 1 saturated heterocycles. The van der Waals surface area contributed by atoms with Gasteiger partial charge in [-0.25, -0.2) is 0 Å². The summed E-state index contributed by atoms with van der Waals surface area (Å²) in [7, 11) is -0.693. The van der Waals surface area contributed by atoms with Crippen LogP contribution in [0.5, 0.6) is 0 Å². The molecule has 0 aromatic heterocycles. The quantitative estimate of drug-likeness (QED) is 0.283. The van der Waals surface area contributed by atoms with E-state index in [9.17, 15) is 10.2 Å². The lowest BCUT2D eigenvalue weighted by Crippen LogP contribution is -2.63. The Hall–Kier alpha value is 0.0300. The van der Waals surface area contributed by atoms with E-state index in [2.05, 4.69) is 13.8 Å². The summed E-state index contributed by atoms with van der Waals surface area (Å²) >= 11 is 0. The summed E-state index contributed by atoms with van der Waals surface area (Å²) in [6.45, 7) is 8.91. The van der Waals surface area contributed by atoms with E-state index in [4.69, 9.17) is 39.0 Å². The second-order valence-electron chi connectivity index (χ2n) is 11.2. The first-order chi connectivity index (χ1) is 14.7. The molecule has 0 spiro atoms. The highest BCUT2D eigenvalue weighted by atomic mass is 31.2. The van der Waals surface area contributed by atoms with Crippen molar-refractivity contribution < 1.29 is 43.5 Å². The lowest BCUT2D eigenvalue weighted by Gasteiger charge is -2.53. The molecule has 6 N–H and O–H groups in total. The van der Waals surface area contributed by atoms with E-state index in [1.165, 1.54) is 0 Å². The van der Waals surface area contributed by atoms with Crippen LogP contribution in [0.1, 0.15) is 53.4 Å². The van der Waals surface area contributed by atoms with Crippen LogP contribution in [0.25, 0.3) is 0 Å². The number of hydrogen-bond donors (Lipinski definition) is 5. The summed E-state index contributed by atoms with van der Waals surface area (Å²) in [6.07, 6.45) is -1.06. The summed E-state index contributed by atoms with van der Waals surface area (Å²) in [5.41, 5.74) is 5.10. The molecule has 0 bridgehead atoms. The smallest absolute Gasteiger partial charge is 0.327 e. The van der Waals surface area contributed by atoms with Gasteiger partial charge in [0.15, 0.2) is 6.29 Å². The molecule has 188 valence electrons. The summed E-state index contributed by atoms with van der Waals surface area (Å²) in [5.74, 6) is 0. The van der Waals surface area contributed by atoms with Crippen LogP contribution in [0, 0.1) is 10.8 Å². The summed E-state index contributed by atoms with van der Waals surface area (Å²) in [4.78, 5) is 18.2. The second-order valence-corrected chi connectivity index (χ2v) is 11.9. The highest BCUT2D eigenvalue weighted by molar-refractivity contribution is 7.39. The number of nitrogens with two attached hydrogens (primary N) is 1. The topological polar surface area (TPSA) is 153 Å². The predicted molar refractivity (Wildman–Crippen MR) is 116 cm³/mol. The van der Waals surface area contributed by atoms with E-state index in [0.717, 1.165) is 12.8 Å². The molecule has 0 radical (unpaired) electrons. The zero-order valence-electron chi connectivity index (χ0n) is 19.7. The maximum absolute atomic E-state index is 10.4. The van der Waals surface area contributed by atoms with Crippen LogP contribution < -0.4 is 5.73 Å². The molecule has 3 fully saturated rings. The van der Waals surface area contributed by atoms with Crippen molar-refractivity contribution >= 4 is 8.60 Å². The molecule has 11 heteroatoms. The Labute approximate surface area is 191 Å². The molecule has 1 aliphatic heterocycles. The first kappa shape index (κ1) is 26.6. The number of ether oxygens (including phenoxy) is 4. The van der Waals surface area contributed by atoms with Gasteiger partial charge in [-0.1, -0.05) is 13.8 Å². The van der Waals surface area contributed by atoms with E-state index in [-0.39, 0.29) is 23.0 Å². The molecule has 2 saturated carbocycles. The van der Waals surface area contributed by atoms with Crippen LogP contribution >= 0.6 is 8.60 Å². The van der Waals surface area contributed by atoms with E-state index in [1.54, 1.807) is 7.11 Å². The molecular formula is C21H40NO9P. The van der Waals surface area contributed by atoms with E-state index < -0.39 is 44.8 Å². The molecule has 0 aromatic carbocycles. The zero-order chi connectivity index (χ0) is 23.9. The summed E-state index contributed by atoms with van der Waals surface area (Å²) < 4.78 is 28.3. The number of aliphatic hydroxyl groups excluding tert-OH is 2. The molecule has 32 heavy (non-hydrogen) atoms. The van der Waals surface area contributed by atoms with Gasteiger partial charge in [0, 0.05) is 7.11 Å². The SMILES string of the molecule is COC1(C)CC(C)(COC2OC(COCC3(C)CC(C)(OP(O)O)C3)C(O)C(O)C2N)C1. The average Bonchev–Trinajstić information content (AvgIpc) is 2.64. The Kier molecular flexibility index (Phi) is 7.98. The zero-order valence-corrected chi connectivity index (χ0v) is 20.6. The lowest BCUT2D eigenvalue weighted by molar-refractivity contribution is -0.284. The van der Waals surface area contributed by atoms with Crippen LogP contribution in [-0.4, -0.2) is 88.8 Å². The third-order valence-corrected chi connectivity index (χ3v) is 7.68. The van der Waals surface area contributed by atoms with Gasteiger partial charge in [0.1, 0.15) is 18.3 Å². The predicted octanol–water partition coefficient (Wildman–Crippen LogP) is 0.786. The van der Waals surface area contributed by atoms with E-state index in [1.807, 2.05) is 13.8 Å². The van der Waals surface area contributed by atoms with Crippen LogP contribution in [-0.2, 0) is 23.5 Å². The van der Waals surface area contributed by atoms with Crippen LogP contribution in [0.15, 0.2) is 0 Å². The van der Waals surface area contributed by atoms with Gasteiger partial charge in [-0.3, -0.25) is 0 Å². The van der Waals surface area contributed by atoms with Crippen LogP contribution in [0.3, 0.4) is 0 Å². The van der Waals surface area contributed by atoms with Gasteiger partial charge in [0.25, 0.3) is 0 Å².